The number of anilines is 3. The number of hydrogen-bond acceptors (Lipinski definition) is 5. The lowest BCUT2D eigenvalue weighted by Crippen LogP contribution is -2.02. The fraction of sp³-hybridized carbons (Fsp3) is 0.154. The molecule has 0 aliphatic rings. The van der Waals surface area contributed by atoms with E-state index in [-0.39, 0.29) is 5.95 Å². The summed E-state index contributed by atoms with van der Waals surface area (Å²) in [7, 11) is 0. The van der Waals surface area contributed by atoms with Crippen LogP contribution in [0.3, 0.4) is 0 Å². The molecule has 0 saturated carbocycles. The molecule has 1 aromatic carbocycles. The van der Waals surface area contributed by atoms with Crippen LogP contribution in [0.25, 0.3) is 5.69 Å². The first kappa shape index (κ1) is 12.2. The van der Waals surface area contributed by atoms with E-state index in [2.05, 4.69) is 25.6 Å². The van der Waals surface area contributed by atoms with Gasteiger partial charge in [-0.05, 0) is 43.2 Å². The zero-order valence-electron chi connectivity index (χ0n) is 11.3. The van der Waals surface area contributed by atoms with Gasteiger partial charge in [-0.25, -0.2) is 9.78 Å². The van der Waals surface area contributed by atoms with Gasteiger partial charge in [-0.2, -0.15) is 10.1 Å². The lowest BCUT2D eigenvalue weighted by molar-refractivity contribution is 0.865. The van der Waals surface area contributed by atoms with Crippen LogP contribution in [0.15, 0.2) is 30.6 Å². The average molecular weight is 269 g/mol. The van der Waals surface area contributed by atoms with Crippen molar-refractivity contribution in [3.63, 3.8) is 0 Å². The summed E-state index contributed by atoms with van der Waals surface area (Å²) in [6, 6.07) is 5.95. The van der Waals surface area contributed by atoms with Gasteiger partial charge in [0.1, 0.15) is 0 Å². The largest absolute Gasteiger partial charge is 0.368 e. The van der Waals surface area contributed by atoms with Crippen molar-refractivity contribution in [2.45, 2.75) is 13.8 Å². The van der Waals surface area contributed by atoms with Crippen molar-refractivity contribution < 1.29 is 0 Å². The van der Waals surface area contributed by atoms with E-state index in [1.807, 2.05) is 42.9 Å². The zero-order chi connectivity index (χ0) is 14.1. The molecule has 3 rings (SSSR count). The molecule has 4 N–H and O–H groups in total. The molecule has 0 saturated heterocycles. The molecule has 7 nitrogen and oxygen atoms in total. The Labute approximate surface area is 115 Å². The maximum atomic E-state index is 5.50. The van der Waals surface area contributed by atoms with Gasteiger partial charge in [0, 0.05) is 18.1 Å². The summed E-state index contributed by atoms with van der Waals surface area (Å²) in [5.74, 6) is 0.738. The molecule has 0 fully saturated rings. The molecule has 2 aromatic heterocycles. The van der Waals surface area contributed by atoms with Crippen molar-refractivity contribution in [1.82, 2.24) is 25.0 Å². The van der Waals surface area contributed by atoms with Crippen molar-refractivity contribution >= 4 is 17.6 Å². The van der Waals surface area contributed by atoms with Crippen LogP contribution in [-0.2, 0) is 0 Å². The van der Waals surface area contributed by atoms with Gasteiger partial charge in [-0.15, -0.1) is 5.10 Å². The fourth-order valence-electron chi connectivity index (χ4n) is 2.25. The summed E-state index contributed by atoms with van der Waals surface area (Å²) >= 11 is 0. The minimum Gasteiger partial charge on any atom is -0.368 e. The molecule has 0 atom stereocenters. The second-order valence-corrected chi connectivity index (χ2v) is 4.58. The number of rotatable bonds is 3. The molecule has 102 valence electrons. The SMILES string of the molecule is Cc1cc(Nc2n[nH]c(N)n2)cc(C)c1-n1cccn1. The lowest BCUT2D eigenvalue weighted by atomic mass is 10.1. The zero-order valence-corrected chi connectivity index (χ0v) is 11.3. The summed E-state index contributed by atoms with van der Waals surface area (Å²) in [5.41, 5.74) is 9.71. The minimum absolute atomic E-state index is 0.286. The number of aryl methyl sites for hydroxylation is 2. The van der Waals surface area contributed by atoms with E-state index in [9.17, 15) is 0 Å². The second kappa shape index (κ2) is 4.69. The standard InChI is InChI=1S/C13H15N7/c1-8-6-10(16-13-17-12(14)18-19-13)7-9(2)11(8)20-5-3-4-15-20/h3-7H,1-2H3,(H4,14,16,17,18,19). The highest BCUT2D eigenvalue weighted by Crippen LogP contribution is 2.24. The summed E-state index contributed by atoms with van der Waals surface area (Å²) in [6.07, 6.45) is 3.69. The van der Waals surface area contributed by atoms with Crippen LogP contribution in [-0.4, -0.2) is 25.0 Å². The number of nitrogens with zero attached hydrogens (tertiary/aromatic N) is 4. The van der Waals surface area contributed by atoms with E-state index in [1.54, 1.807) is 6.20 Å². The maximum Gasteiger partial charge on any atom is 0.248 e. The highest BCUT2D eigenvalue weighted by Gasteiger charge is 2.09. The van der Waals surface area contributed by atoms with Gasteiger partial charge in [-0.1, -0.05) is 0 Å². The van der Waals surface area contributed by atoms with Gasteiger partial charge in [0.05, 0.1) is 5.69 Å². The summed E-state index contributed by atoms with van der Waals surface area (Å²) in [6.45, 7) is 4.09. The number of nitrogens with one attached hydrogen (secondary N) is 2. The van der Waals surface area contributed by atoms with Gasteiger partial charge in [0.15, 0.2) is 0 Å². The van der Waals surface area contributed by atoms with Crippen LogP contribution < -0.4 is 11.1 Å². The smallest absolute Gasteiger partial charge is 0.248 e. The van der Waals surface area contributed by atoms with E-state index in [0.29, 0.717) is 5.95 Å². The molecule has 0 aliphatic heterocycles. The van der Waals surface area contributed by atoms with Crippen LogP contribution >= 0.6 is 0 Å². The lowest BCUT2D eigenvalue weighted by Gasteiger charge is -2.12. The van der Waals surface area contributed by atoms with Gasteiger partial charge in [0.25, 0.3) is 0 Å². The number of nitrogen functional groups attached to an aromatic ring is 1. The van der Waals surface area contributed by atoms with E-state index >= 15 is 0 Å². The summed E-state index contributed by atoms with van der Waals surface area (Å²) in [4.78, 5) is 4.02. The van der Waals surface area contributed by atoms with Crippen LogP contribution in [0.1, 0.15) is 11.1 Å². The Bertz CT molecular complexity index is 704. The third-order valence-electron chi connectivity index (χ3n) is 2.98. The fourth-order valence-corrected chi connectivity index (χ4v) is 2.25. The third-order valence-corrected chi connectivity index (χ3v) is 2.98. The Balaban J connectivity index is 1.95. The molecular weight excluding hydrogens is 254 g/mol. The Morgan fingerprint density at radius 1 is 1.25 bits per heavy atom. The molecule has 0 unspecified atom stereocenters. The van der Waals surface area contributed by atoms with Gasteiger partial charge in [-0.3, -0.25) is 0 Å². The molecule has 0 amide bonds. The highest BCUT2D eigenvalue weighted by atomic mass is 15.3. The number of H-pyrrole nitrogens is 1. The van der Waals surface area contributed by atoms with Crippen LogP contribution in [0.2, 0.25) is 0 Å². The van der Waals surface area contributed by atoms with Crippen molar-refractivity contribution in [3.05, 3.63) is 41.7 Å². The Morgan fingerprint density at radius 3 is 2.55 bits per heavy atom. The first-order valence-electron chi connectivity index (χ1n) is 6.19. The molecule has 0 bridgehead atoms. The summed E-state index contributed by atoms with van der Waals surface area (Å²) < 4.78 is 1.86. The van der Waals surface area contributed by atoms with Crippen molar-refractivity contribution in [1.29, 1.82) is 0 Å². The number of nitrogens with two attached hydrogens (primary N) is 1. The van der Waals surface area contributed by atoms with Crippen LogP contribution in [0.5, 0.6) is 0 Å². The van der Waals surface area contributed by atoms with E-state index in [0.717, 1.165) is 22.5 Å². The van der Waals surface area contributed by atoms with Gasteiger partial charge >= 0.3 is 0 Å². The normalized spacial score (nSPS) is 10.7. The molecule has 3 aromatic rings. The topological polar surface area (TPSA) is 97.4 Å². The number of aromatic amines is 1. The van der Waals surface area contributed by atoms with Gasteiger partial charge < -0.3 is 11.1 Å². The first-order chi connectivity index (χ1) is 9.63. The quantitative estimate of drug-likeness (QED) is 0.675. The second-order valence-electron chi connectivity index (χ2n) is 4.58. The average Bonchev–Trinajstić information content (AvgIpc) is 3.01. The molecule has 0 spiro atoms. The Morgan fingerprint density at radius 2 is 2.00 bits per heavy atom. The molecule has 0 radical (unpaired) electrons. The molecule has 0 aliphatic carbocycles. The van der Waals surface area contributed by atoms with E-state index in [1.165, 1.54) is 0 Å². The summed E-state index contributed by atoms with van der Waals surface area (Å²) in [5, 5.41) is 13.9. The monoisotopic (exact) mass is 269 g/mol. The van der Waals surface area contributed by atoms with E-state index in [4.69, 9.17) is 5.73 Å². The molecular formula is C13H15N7. The Hall–Kier alpha value is -2.83. The van der Waals surface area contributed by atoms with Crippen LogP contribution in [0.4, 0.5) is 17.6 Å². The molecule has 7 heteroatoms. The third kappa shape index (κ3) is 2.20. The van der Waals surface area contributed by atoms with Crippen molar-refractivity contribution in [2.24, 2.45) is 0 Å². The first-order valence-corrected chi connectivity index (χ1v) is 6.19. The Kier molecular flexibility index (Phi) is 2.86. The van der Waals surface area contributed by atoms with E-state index < -0.39 is 0 Å². The van der Waals surface area contributed by atoms with Crippen LogP contribution in [0, 0.1) is 13.8 Å². The molecule has 2 heterocycles. The molecule has 20 heavy (non-hydrogen) atoms. The predicted molar refractivity (Wildman–Crippen MR) is 77.1 cm³/mol. The van der Waals surface area contributed by atoms with Gasteiger partial charge in [0.2, 0.25) is 11.9 Å². The van der Waals surface area contributed by atoms with Crippen molar-refractivity contribution in [2.75, 3.05) is 11.1 Å². The number of benzene rings is 1. The number of hydrogen-bond donors (Lipinski definition) is 3. The maximum absolute atomic E-state index is 5.50. The predicted octanol–water partition coefficient (Wildman–Crippen LogP) is 1.93. The number of aromatic nitrogens is 5. The highest BCUT2D eigenvalue weighted by molar-refractivity contribution is 5.62. The van der Waals surface area contributed by atoms with Crippen molar-refractivity contribution in [3.8, 4) is 5.69 Å². The minimum atomic E-state index is 0.286.